The summed E-state index contributed by atoms with van der Waals surface area (Å²) in [6.45, 7) is 3.29. The van der Waals surface area contributed by atoms with Gasteiger partial charge in [-0.25, -0.2) is 4.79 Å². The van der Waals surface area contributed by atoms with E-state index in [1.807, 2.05) is 24.3 Å². The van der Waals surface area contributed by atoms with Crippen molar-refractivity contribution in [1.29, 1.82) is 0 Å². The van der Waals surface area contributed by atoms with Gasteiger partial charge in [-0.05, 0) is 55.5 Å². The number of alkyl carbamates (subject to hydrolysis) is 1. The van der Waals surface area contributed by atoms with E-state index in [-0.39, 0.29) is 38.3 Å². The summed E-state index contributed by atoms with van der Waals surface area (Å²) in [6, 6.07) is 20.3. The highest BCUT2D eigenvalue weighted by molar-refractivity contribution is 5.98. The maximum atomic E-state index is 13.7. The Kier molecular flexibility index (Phi) is 10.8. The van der Waals surface area contributed by atoms with Crippen LogP contribution in [-0.4, -0.2) is 47.9 Å². The zero-order valence-corrected chi connectivity index (χ0v) is 24.9. The van der Waals surface area contributed by atoms with Crippen LogP contribution >= 0.6 is 0 Å². The summed E-state index contributed by atoms with van der Waals surface area (Å²) in [5, 5.41) is 5.24. The summed E-state index contributed by atoms with van der Waals surface area (Å²) in [6.07, 6.45) is -5.62. The molecule has 1 heterocycles. The molecule has 0 aliphatic carbocycles. The lowest BCUT2D eigenvalue weighted by Crippen LogP contribution is -2.50. The Morgan fingerprint density at radius 3 is 1.96 bits per heavy atom. The Balaban J connectivity index is 1.48. The highest BCUT2D eigenvalue weighted by atomic mass is 19.4. The van der Waals surface area contributed by atoms with Gasteiger partial charge in [0, 0.05) is 12.3 Å². The Labute approximate surface area is 259 Å². The topological polar surface area (TPSA) is 114 Å². The van der Waals surface area contributed by atoms with Crippen LogP contribution < -0.4 is 10.6 Å². The van der Waals surface area contributed by atoms with Gasteiger partial charge in [0.25, 0.3) is 0 Å². The Morgan fingerprint density at radius 2 is 1.40 bits per heavy atom. The summed E-state index contributed by atoms with van der Waals surface area (Å²) in [7, 11) is 0. The third kappa shape index (κ3) is 9.74. The first-order valence-electron chi connectivity index (χ1n) is 14.5. The second-order valence-corrected chi connectivity index (χ2v) is 11.3. The van der Waals surface area contributed by atoms with Crippen molar-refractivity contribution in [3.63, 3.8) is 0 Å². The molecule has 1 saturated heterocycles. The largest absolute Gasteiger partial charge is 0.445 e. The molecule has 0 spiro atoms. The van der Waals surface area contributed by atoms with Crippen LogP contribution in [0.2, 0.25) is 0 Å². The maximum Gasteiger partial charge on any atom is 0.416 e. The van der Waals surface area contributed by atoms with E-state index in [0.29, 0.717) is 5.56 Å². The van der Waals surface area contributed by atoms with E-state index in [9.17, 15) is 32.3 Å². The van der Waals surface area contributed by atoms with Crippen molar-refractivity contribution in [2.45, 2.75) is 63.6 Å². The van der Waals surface area contributed by atoms with Crippen LogP contribution in [0.1, 0.15) is 42.5 Å². The Hall–Kier alpha value is -4.51. The van der Waals surface area contributed by atoms with Crippen LogP contribution in [-0.2, 0) is 49.5 Å². The molecule has 4 rings (SSSR count). The average Bonchev–Trinajstić information content (AvgIpc) is 3.78. The van der Waals surface area contributed by atoms with Gasteiger partial charge in [-0.1, -0.05) is 72.8 Å². The molecule has 45 heavy (non-hydrogen) atoms. The summed E-state index contributed by atoms with van der Waals surface area (Å²) in [5.41, 5.74) is 0.0560. The van der Waals surface area contributed by atoms with Crippen molar-refractivity contribution in [2.24, 2.45) is 5.92 Å². The van der Waals surface area contributed by atoms with Gasteiger partial charge >= 0.3 is 12.3 Å². The molecule has 0 bridgehead atoms. The molecule has 238 valence electrons. The predicted octanol–water partition coefficient (Wildman–Crippen LogP) is 5.22. The molecule has 0 aromatic heterocycles. The number of carbonyl (C=O) groups is 4. The minimum Gasteiger partial charge on any atom is -0.445 e. The summed E-state index contributed by atoms with van der Waals surface area (Å²) < 4.78 is 49.9. The SMILES string of the molecule is C[C@H](NC(=O)OCc1ccccc1)C(=O)C[C@@H](Cc1ccc(C(F)(F)F)cc1)C(=O)N[C@@H](Cc1ccccc1)C(=O)C1(C)CO1. The molecule has 2 N–H and O–H groups in total. The first-order valence-corrected chi connectivity index (χ1v) is 14.5. The lowest BCUT2D eigenvalue weighted by molar-refractivity contribution is -0.137. The van der Waals surface area contributed by atoms with E-state index >= 15 is 0 Å². The third-order valence-corrected chi connectivity index (χ3v) is 7.63. The number of carbonyl (C=O) groups excluding carboxylic acids is 4. The van der Waals surface area contributed by atoms with Crippen molar-refractivity contribution in [1.82, 2.24) is 10.6 Å². The molecule has 1 fully saturated rings. The summed E-state index contributed by atoms with van der Waals surface area (Å²) in [4.78, 5) is 52.6. The van der Waals surface area contributed by atoms with Gasteiger partial charge < -0.3 is 20.1 Å². The Morgan fingerprint density at radius 1 is 0.844 bits per heavy atom. The zero-order chi connectivity index (χ0) is 32.6. The maximum absolute atomic E-state index is 13.7. The second-order valence-electron chi connectivity index (χ2n) is 11.3. The standard InChI is InChI=1S/C34H35F3N2O6/c1-22(38-32(43)44-20-25-11-7-4-8-12-25)29(40)19-26(17-24-13-15-27(16-14-24)34(35,36)37)31(42)39-28(30(41)33(2)21-45-33)18-23-9-5-3-6-10-23/h3-16,22,26,28H,17-21H2,1-2H3,(H,38,43)(H,39,42)/t22-,26+,28-,33?/m0/s1. The molecule has 1 aliphatic rings. The van der Waals surface area contributed by atoms with Gasteiger partial charge in [-0.3, -0.25) is 14.4 Å². The van der Waals surface area contributed by atoms with E-state index in [4.69, 9.17) is 9.47 Å². The van der Waals surface area contributed by atoms with Crippen LogP contribution in [0.4, 0.5) is 18.0 Å². The van der Waals surface area contributed by atoms with Gasteiger partial charge in [0.15, 0.2) is 11.6 Å². The van der Waals surface area contributed by atoms with E-state index in [2.05, 4.69) is 10.6 Å². The molecule has 2 amide bonds. The first-order chi connectivity index (χ1) is 21.3. The fraction of sp³-hybridized carbons (Fsp3) is 0.353. The summed E-state index contributed by atoms with van der Waals surface area (Å²) in [5.74, 6) is -2.50. The number of hydrogen-bond acceptors (Lipinski definition) is 6. The summed E-state index contributed by atoms with van der Waals surface area (Å²) >= 11 is 0. The normalized spacial score (nSPS) is 17.8. The minimum absolute atomic E-state index is 0.00794. The van der Waals surface area contributed by atoms with Gasteiger partial charge in [0.1, 0.15) is 12.2 Å². The van der Waals surface area contributed by atoms with Crippen molar-refractivity contribution in [3.05, 3.63) is 107 Å². The molecule has 8 nitrogen and oxygen atoms in total. The lowest BCUT2D eigenvalue weighted by Gasteiger charge is -2.24. The van der Waals surface area contributed by atoms with E-state index in [0.717, 1.165) is 23.3 Å². The van der Waals surface area contributed by atoms with E-state index in [1.165, 1.54) is 19.1 Å². The number of rotatable bonds is 14. The third-order valence-electron chi connectivity index (χ3n) is 7.63. The number of ketones is 2. The smallest absolute Gasteiger partial charge is 0.416 e. The molecule has 4 atom stereocenters. The molecular weight excluding hydrogens is 589 g/mol. The quantitative estimate of drug-likeness (QED) is 0.238. The first kappa shape index (κ1) is 33.4. The van der Waals surface area contributed by atoms with Crippen molar-refractivity contribution >= 4 is 23.6 Å². The zero-order valence-electron chi connectivity index (χ0n) is 24.9. The molecule has 1 unspecified atom stereocenters. The van der Waals surface area contributed by atoms with Crippen molar-refractivity contribution in [2.75, 3.05) is 6.61 Å². The van der Waals surface area contributed by atoms with Crippen LogP contribution in [0.3, 0.4) is 0 Å². The number of alkyl halides is 3. The van der Waals surface area contributed by atoms with Crippen molar-refractivity contribution in [3.8, 4) is 0 Å². The van der Waals surface area contributed by atoms with Gasteiger partial charge in [-0.15, -0.1) is 0 Å². The Bertz CT molecular complexity index is 1480. The van der Waals surface area contributed by atoms with Crippen LogP contribution in [0.5, 0.6) is 0 Å². The molecular formula is C34H35F3N2O6. The molecule has 1 aliphatic heterocycles. The fourth-order valence-electron chi connectivity index (χ4n) is 4.78. The molecule has 0 radical (unpaired) electrons. The van der Waals surface area contributed by atoms with Crippen LogP contribution in [0.15, 0.2) is 84.9 Å². The highest BCUT2D eigenvalue weighted by Gasteiger charge is 2.50. The van der Waals surface area contributed by atoms with Crippen LogP contribution in [0.25, 0.3) is 0 Å². The molecule has 11 heteroatoms. The lowest BCUT2D eigenvalue weighted by atomic mass is 9.89. The van der Waals surface area contributed by atoms with Gasteiger partial charge in [0.05, 0.1) is 24.3 Å². The number of Topliss-reactive ketones (excluding diaryl/α,β-unsaturated/α-hetero) is 2. The predicted molar refractivity (Wildman–Crippen MR) is 159 cm³/mol. The van der Waals surface area contributed by atoms with Gasteiger partial charge in [-0.2, -0.15) is 13.2 Å². The molecule has 3 aromatic rings. The monoisotopic (exact) mass is 624 g/mol. The number of hydrogen-bond donors (Lipinski definition) is 2. The number of epoxide rings is 1. The molecule has 3 aromatic carbocycles. The van der Waals surface area contributed by atoms with Crippen molar-refractivity contribution < 1.29 is 41.8 Å². The molecule has 0 saturated carbocycles. The van der Waals surface area contributed by atoms with Gasteiger partial charge in [0.2, 0.25) is 5.91 Å². The highest BCUT2D eigenvalue weighted by Crippen LogP contribution is 2.31. The average molecular weight is 625 g/mol. The number of amides is 2. The fourth-order valence-corrected chi connectivity index (χ4v) is 4.78. The minimum atomic E-state index is -4.53. The number of nitrogens with one attached hydrogen (secondary N) is 2. The van der Waals surface area contributed by atoms with E-state index in [1.54, 1.807) is 43.3 Å². The number of ether oxygens (including phenoxy) is 2. The van der Waals surface area contributed by atoms with E-state index < -0.39 is 53.1 Å². The number of halogens is 3. The van der Waals surface area contributed by atoms with Crippen LogP contribution in [0, 0.1) is 5.92 Å². The second kappa shape index (κ2) is 14.5. The number of benzene rings is 3.